The van der Waals surface area contributed by atoms with E-state index in [1.807, 2.05) is 0 Å². The van der Waals surface area contributed by atoms with Crippen molar-refractivity contribution >= 4 is 0 Å². The molecule has 4 rings (SSSR count). The van der Waals surface area contributed by atoms with Gasteiger partial charge in [-0.25, -0.2) is 4.68 Å². The molecule has 0 bridgehead atoms. The fourth-order valence-electron chi connectivity index (χ4n) is 2.75. The largest absolute Gasteiger partial charge is 0.310 e. The maximum Gasteiger partial charge on any atom is 0.0649 e. The molecule has 0 saturated heterocycles. The Kier molecular flexibility index (Phi) is 2.88. The predicted molar refractivity (Wildman–Crippen MR) is 80.1 cm³/mol. The van der Waals surface area contributed by atoms with E-state index in [0.29, 0.717) is 0 Å². The molecular weight excluding hydrogens is 246 g/mol. The molecule has 1 aromatic carbocycles. The van der Waals surface area contributed by atoms with Crippen LogP contribution in [0.3, 0.4) is 0 Å². The summed E-state index contributed by atoms with van der Waals surface area (Å²) in [5, 5.41) is 8.27. The van der Waals surface area contributed by atoms with Crippen LogP contribution in [0.2, 0.25) is 0 Å². The molecule has 1 aromatic heterocycles. The number of nitrogens with zero attached hydrogens (tertiary/aromatic N) is 2. The van der Waals surface area contributed by atoms with Gasteiger partial charge in [-0.1, -0.05) is 17.7 Å². The molecule has 1 N–H and O–H groups in total. The van der Waals surface area contributed by atoms with E-state index < -0.39 is 0 Å². The molecule has 3 nitrogen and oxygen atoms in total. The van der Waals surface area contributed by atoms with Crippen LogP contribution in [0, 0.1) is 6.92 Å². The van der Waals surface area contributed by atoms with Crippen molar-refractivity contribution in [1.82, 2.24) is 15.1 Å². The topological polar surface area (TPSA) is 29.9 Å². The summed E-state index contributed by atoms with van der Waals surface area (Å²) in [7, 11) is 0. The Balaban J connectivity index is 1.65. The highest BCUT2D eigenvalue weighted by Gasteiger charge is 2.31. The average Bonchev–Trinajstić information content (AvgIpc) is 3.37. The minimum atomic E-state index is 0.717. The predicted octanol–water partition coefficient (Wildman–Crippen LogP) is 3.31. The SMILES string of the molecule is Cc1ccc(-n2ncc(CNC3CC3)c2C2CC2)cc1. The van der Waals surface area contributed by atoms with E-state index in [2.05, 4.69) is 52.5 Å². The van der Waals surface area contributed by atoms with Gasteiger partial charge < -0.3 is 5.32 Å². The zero-order valence-corrected chi connectivity index (χ0v) is 12.0. The molecular formula is C17H21N3. The number of rotatable bonds is 5. The normalized spacial score (nSPS) is 18.4. The lowest BCUT2D eigenvalue weighted by Gasteiger charge is -2.10. The number of aromatic nitrogens is 2. The Labute approximate surface area is 120 Å². The summed E-state index contributed by atoms with van der Waals surface area (Å²) in [4.78, 5) is 0. The quantitative estimate of drug-likeness (QED) is 0.900. The van der Waals surface area contributed by atoms with Crippen LogP contribution in [0.15, 0.2) is 30.5 Å². The van der Waals surface area contributed by atoms with Crippen molar-refractivity contribution in [1.29, 1.82) is 0 Å². The van der Waals surface area contributed by atoms with Crippen LogP contribution in [-0.2, 0) is 6.54 Å². The van der Waals surface area contributed by atoms with Gasteiger partial charge in [0.15, 0.2) is 0 Å². The van der Waals surface area contributed by atoms with Crippen molar-refractivity contribution < 1.29 is 0 Å². The standard InChI is InChI=1S/C17H21N3/c1-12-2-8-16(9-3-12)20-17(13-4-5-13)14(11-19-20)10-18-15-6-7-15/h2-3,8-9,11,13,15,18H,4-7,10H2,1H3. The molecule has 0 spiro atoms. The van der Waals surface area contributed by atoms with E-state index >= 15 is 0 Å². The third kappa shape index (κ3) is 2.38. The molecule has 0 aliphatic heterocycles. The molecule has 0 atom stereocenters. The van der Waals surface area contributed by atoms with Gasteiger partial charge in [0.05, 0.1) is 17.6 Å². The molecule has 2 aromatic rings. The minimum absolute atomic E-state index is 0.717. The molecule has 2 aliphatic rings. The third-order valence-corrected chi connectivity index (χ3v) is 4.29. The Morgan fingerprint density at radius 2 is 1.90 bits per heavy atom. The van der Waals surface area contributed by atoms with Crippen LogP contribution in [0.4, 0.5) is 0 Å². The first-order valence-electron chi connectivity index (χ1n) is 7.68. The highest BCUT2D eigenvalue weighted by Crippen LogP contribution is 2.42. The number of benzene rings is 1. The lowest BCUT2D eigenvalue weighted by atomic mass is 10.1. The first-order valence-corrected chi connectivity index (χ1v) is 7.68. The van der Waals surface area contributed by atoms with E-state index in [1.165, 1.54) is 48.2 Å². The average molecular weight is 267 g/mol. The van der Waals surface area contributed by atoms with Gasteiger partial charge >= 0.3 is 0 Å². The van der Waals surface area contributed by atoms with Crippen LogP contribution in [0.1, 0.15) is 48.4 Å². The summed E-state index contributed by atoms with van der Waals surface area (Å²) >= 11 is 0. The smallest absolute Gasteiger partial charge is 0.0649 e. The van der Waals surface area contributed by atoms with Crippen molar-refractivity contribution in [2.75, 3.05) is 0 Å². The minimum Gasteiger partial charge on any atom is -0.310 e. The van der Waals surface area contributed by atoms with Gasteiger partial charge in [-0.2, -0.15) is 5.10 Å². The Bertz CT molecular complexity index is 604. The van der Waals surface area contributed by atoms with Gasteiger partial charge in [0.2, 0.25) is 0 Å². The monoisotopic (exact) mass is 267 g/mol. The molecule has 2 fully saturated rings. The van der Waals surface area contributed by atoms with E-state index in [9.17, 15) is 0 Å². The Morgan fingerprint density at radius 3 is 2.55 bits per heavy atom. The van der Waals surface area contributed by atoms with Crippen LogP contribution in [0.25, 0.3) is 5.69 Å². The fourth-order valence-corrected chi connectivity index (χ4v) is 2.75. The van der Waals surface area contributed by atoms with Crippen LogP contribution in [0.5, 0.6) is 0 Å². The third-order valence-electron chi connectivity index (χ3n) is 4.29. The summed E-state index contributed by atoms with van der Waals surface area (Å²) in [5.41, 5.74) is 5.31. The molecule has 0 unspecified atom stereocenters. The lowest BCUT2D eigenvalue weighted by Crippen LogP contribution is -2.16. The summed E-state index contributed by atoms with van der Waals surface area (Å²) in [5.74, 6) is 0.717. The Morgan fingerprint density at radius 1 is 1.15 bits per heavy atom. The highest BCUT2D eigenvalue weighted by molar-refractivity contribution is 5.39. The van der Waals surface area contributed by atoms with E-state index in [4.69, 9.17) is 0 Å². The second kappa shape index (κ2) is 4.74. The number of hydrogen-bond donors (Lipinski definition) is 1. The first kappa shape index (κ1) is 12.2. The molecule has 3 heteroatoms. The van der Waals surface area contributed by atoms with Crippen molar-refractivity contribution in [2.45, 2.75) is 51.1 Å². The van der Waals surface area contributed by atoms with Gasteiger partial charge in [0.25, 0.3) is 0 Å². The van der Waals surface area contributed by atoms with Crippen molar-refractivity contribution in [2.24, 2.45) is 0 Å². The van der Waals surface area contributed by atoms with Gasteiger partial charge in [-0.3, -0.25) is 0 Å². The molecule has 20 heavy (non-hydrogen) atoms. The van der Waals surface area contributed by atoms with Gasteiger partial charge in [-0.05, 0) is 44.7 Å². The molecule has 2 aliphatic carbocycles. The number of hydrogen-bond acceptors (Lipinski definition) is 2. The van der Waals surface area contributed by atoms with E-state index in [1.54, 1.807) is 0 Å². The van der Waals surface area contributed by atoms with Crippen molar-refractivity contribution in [3.63, 3.8) is 0 Å². The summed E-state index contributed by atoms with van der Waals surface area (Å²) in [6, 6.07) is 9.43. The number of nitrogens with one attached hydrogen (secondary N) is 1. The molecule has 0 amide bonds. The zero-order valence-electron chi connectivity index (χ0n) is 12.0. The number of aryl methyl sites for hydroxylation is 1. The molecule has 104 valence electrons. The van der Waals surface area contributed by atoms with Crippen LogP contribution < -0.4 is 5.32 Å². The van der Waals surface area contributed by atoms with Gasteiger partial charge in [0.1, 0.15) is 0 Å². The second-order valence-corrected chi connectivity index (χ2v) is 6.23. The second-order valence-electron chi connectivity index (χ2n) is 6.23. The van der Waals surface area contributed by atoms with Crippen LogP contribution in [-0.4, -0.2) is 15.8 Å². The summed E-state index contributed by atoms with van der Waals surface area (Å²) < 4.78 is 2.15. The summed E-state index contributed by atoms with van der Waals surface area (Å²) in [6.45, 7) is 3.10. The van der Waals surface area contributed by atoms with E-state index in [-0.39, 0.29) is 0 Å². The van der Waals surface area contributed by atoms with Gasteiger partial charge in [0, 0.05) is 24.1 Å². The first-order chi connectivity index (χ1) is 9.81. The highest BCUT2D eigenvalue weighted by atomic mass is 15.3. The molecule has 0 radical (unpaired) electrons. The van der Waals surface area contributed by atoms with Crippen molar-refractivity contribution in [3.05, 3.63) is 47.3 Å². The van der Waals surface area contributed by atoms with E-state index in [0.717, 1.165) is 18.5 Å². The zero-order chi connectivity index (χ0) is 13.5. The van der Waals surface area contributed by atoms with Crippen LogP contribution >= 0.6 is 0 Å². The van der Waals surface area contributed by atoms with Gasteiger partial charge in [-0.15, -0.1) is 0 Å². The fraction of sp³-hybridized carbons (Fsp3) is 0.471. The molecule has 2 saturated carbocycles. The Hall–Kier alpha value is -1.61. The lowest BCUT2D eigenvalue weighted by molar-refractivity contribution is 0.679. The molecule has 1 heterocycles. The van der Waals surface area contributed by atoms with Crippen molar-refractivity contribution in [3.8, 4) is 5.69 Å². The maximum absolute atomic E-state index is 4.65. The summed E-state index contributed by atoms with van der Waals surface area (Å²) in [6.07, 6.45) is 7.36. The maximum atomic E-state index is 4.65.